The molecule has 166 valence electrons. The average molecular weight is 453 g/mol. The Labute approximate surface area is 192 Å². The van der Waals surface area contributed by atoms with Crippen molar-refractivity contribution in [2.45, 2.75) is 33.0 Å². The maximum atomic E-state index is 12.5. The third kappa shape index (κ3) is 6.49. The van der Waals surface area contributed by atoms with Crippen LogP contribution in [0.4, 0.5) is 11.4 Å². The van der Waals surface area contributed by atoms with Crippen molar-refractivity contribution >= 4 is 34.8 Å². The number of halogens is 1. The van der Waals surface area contributed by atoms with E-state index >= 15 is 0 Å². The summed E-state index contributed by atoms with van der Waals surface area (Å²) in [5, 5.41) is 6.06. The van der Waals surface area contributed by atoms with Gasteiger partial charge in [-0.25, -0.2) is 0 Å². The predicted octanol–water partition coefficient (Wildman–Crippen LogP) is 5.79. The fraction of sp³-hybridized carbons (Fsp3) is 0.200. The van der Waals surface area contributed by atoms with E-state index in [2.05, 4.69) is 10.6 Å². The maximum Gasteiger partial charge on any atom is 0.265 e. The highest BCUT2D eigenvalue weighted by Crippen LogP contribution is 2.24. The second-order valence-electron chi connectivity index (χ2n) is 7.41. The third-order valence-corrected chi connectivity index (χ3v) is 4.70. The van der Waals surface area contributed by atoms with Crippen LogP contribution in [0.2, 0.25) is 5.02 Å². The number of amides is 2. The number of carbonyl (C=O) groups excluding carboxylic acids is 2. The van der Waals surface area contributed by atoms with Gasteiger partial charge in [0.15, 0.2) is 6.10 Å². The molecule has 0 aromatic heterocycles. The maximum absolute atomic E-state index is 12.5. The number of anilines is 2. The summed E-state index contributed by atoms with van der Waals surface area (Å²) in [7, 11) is 0. The first-order valence-corrected chi connectivity index (χ1v) is 10.6. The van der Waals surface area contributed by atoms with Gasteiger partial charge in [0.1, 0.15) is 11.5 Å². The predicted molar refractivity (Wildman–Crippen MR) is 127 cm³/mol. The van der Waals surface area contributed by atoms with Crippen LogP contribution in [0.1, 0.15) is 31.1 Å². The highest BCUT2D eigenvalue weighted by molar-refractivity contribution is 6.32. The van der Waals surface area contributed by atoms with Crippen molar-refractivity contribution in [1.82, 2.24) is 0 Å². The molecule has 0 fully saturated rings. The highest BCUT2D eigenvalue weighted by Gasteiger charge is 2.16. The van der Waals surface area contributed by atoms with Gasteiger partial charge in [-0.2, -0.15) is 0 Å². The molecule has 0 spiro atoms. The molecule has 0 bridgehead atoms. The summed E-state index contributed by atoms with van der Waals surface area (Å²) in [5.41, 5.74) is 1.67. The van der Waals surface area contributed by atoms with E-state index in [1.54, 1.807) is 73.7 Å². The van der Waals surface area contributed by atoms with Gasteiger partial charge < -0.3 is 20.1 Å². The Hall–Kier alpha value is -3.51. The molecule has 1 atom stereocenters. The molecular formula is C25H25ClN2O4. The van der Waals surface area contributed by atoms with Crippen LogP contribution < -0.4 is 20.1 Å². The number of hydrogen-bond acceptors (Lipinski definition) is 4. The fourth-order valence-corrected chi connectivity index (χ4v) is 3.03. The van der Waals surface area contributed by atoms with Gasteiger partial charge in [-0.1, -0.05) is 29.8 Å². The molecular weight excluding hydrogens is 428 g/mol. The van der Waals surface area contributed by atoms with Gasteiger partial charge in [-0.15, -0.1) is 0 Å². The van der Waals surface area contributed by atoms with E-state index in [-0.39, 0.29) is 17.9 Å². The van der Waals surface area contributed by atoms with Crippen LogP contribution >= 0.6 is 11.6 Å². The van der Waals surface area contributed by atoms with Crippen LogP contribution in [0, 0.1) is 0 Å². The first-order chi connectivity index (χ1) is 15.3. The molecule has 3 aromatic rings. The molecule has 1 unspecified atom stereocenters. The molecule has 3 aromatic carbocycles. The monoisotopic (exact) mass is 452 g/mol. The number of benzene rings is 3. The normalized spacial score (nSPS) is 11.5. The highest BCUT2D eigenvalue weighted by atomic mass is 35.5. The number of hydrogen-bond donors (Lipinski definition) is 2. The average Bonchev–Trinajstić information content (AvgIpc) is 2.76. The van der Waals surface area contributed by atoms with Gasteiger partial charge in [-0.3, -0.25) is 9.59 Å². The van der Waals surface area contributed by atoms with Crippen LogP contribution in [0.25, 0.3) is 0 Å². The Kier molecular flexibility index (Phi) is 7.73. The third-order valence-electron chi connectivity index (χ3n) is 4.39. The standard InChI is InChI=1S/C25H25ClN2O4/c1-16(2)31-21-8-6-7-18(15-21)25(30)28-20-13-11-19(12-14-20)27-24(29)17(3)32-23-10-5-4-9-22(23)26/h4-17H,1-3H3,(H,27,29)(H,28,30). The molecule has 3 rings (SSSR count). The van der Waals surface area contributed by atoms with Crippen molar-refractivity contribution < 1.29 is 19.1 Å². The van der Waals surface area contributed by atoms with E-state index < -0.39 is 6.10 Å². The van der Waals surface area contributed by atoms with Crippen LogP contribution in [0.3, 0.4) is 0 Å². The fourth-order valence-electron chi connectivity index (χ4n) is 2.85. The minimum atomic E-state index is -0.741. The summed E-state index contributed by atoms with van der Waals surface area (Å²) in [4.78, 5) is 25.0. The van der Waals surface area contributed by atoms with E-state index in [4.69, 9.17) is 21.1 Å². The molecule has 0 saturated heterocycles. The lowest BCUT2D eigenvalue weighted by molar-refractivity contribution is -0.122. The number of nitrogens with one attached hydrogen (secondary N) is 2. The Balaban J connectivity index is 1.57. The van der Waals surface area contributed by atoms with Crippen molar-refractivity contribution in [2.75, 3.05) is 10.6 Å². The van der Waals surface area contributed by atoms with Crippen molar-refractivity contribution in [3.8, 4) is 11.5 Å². The lowest BCUT2D eigenvalue weighted by atomic mass is 10.2. The van der Waals surface area contributed by atoms with Crippen molar-refractivity contribution in [3.05, 3.63) is 83.4 Å². The van der Waals surface area contributed by atoms with E-state index in [0.717, 1.165) is 0 Å². The summed E-state index contributed by atoms with van der Waals surface area (Å²) in [5.74, 6) is 0.512. The summed E-state index contributed by atoms with van der Waals surface area (Å²) >= 11 is 6.07. The molecule has 0 aliphatic heterocycles. The zero-order valence-electron chi connectivity index (χ0n) is 18.1. The minimum Gasteiger partial charge on any atom is -0.491 e. The quantitative estimate of drug-likeness (QED) is 0.453. The number of ether oxygens (including phenoxy) is 2. The van der Waals surface area contributed by atoms with E-state index in [0.29, 0.717) is 33.5 Å². The zero-order chi connectivity index (χ0) is 23.1. The van der Waals surface area contributed by atoms with Gasteiger partial charge in [0.05, 0.1) is 11.1 Å². The Morgan fingerprint density at radius 3 is 2.12 bits per heavy atom. The second kappa shape index (κ2) is 10.7. The van der Waals surface area contributed by atoms with Gasteiger partial charge in [0.25, 0.3) is 11.8 Å². The zero-order valence-corrected chi connectivity index (χ0v) is 18.8. The number of carbonyl (C=O) groups is 2. The van der Waals surface area contributed by atoms with Crippen molar-refractivity contribution in [1.29, 1.82) is 0 Å². The molecule has 0 saturated carbocycles. The Morgan fingerprint density at radius 1 is 0.812 bits per heavy atom. The largest absolute Gasteiger partial charge is 0.491 e. The lowest BCUT2D eigenvalue weighted by Gasteiger charge is -2.16. The van der Waals surface area contributed by atoms with Crippen LogP contribution in [0.5, 0.6) is 11.5 Å². The van der Waals surface area contributed by atoms with E-state index in [1.165, 1.54) is 0 Å². The summed E-state index contributed by atoms with van der Waals surface area (Å²) in [6.45, 7) is 5.50. The van der Waals surface area contributed by atoms with Crippen LogP contribution in [-0.4, -0.2) is 24.0 Å². The van der Waals surface area contributed by atoms with Gasteiger partial charge >= 0.3 is 0 Å². The minimum absolute atomic E-state index is 0.0221. The molecule has 0 heterocycles. The molecule has 6 nitrogen and oxygen atoms in total. The van der Waals surface area contributed by atoms with E-state index in [1.807, 2.05) is 19.9 Å². The summed E-state index contributed by atoms with van der Waals surface area (Å²) in [6, 6.07) is 20.8. The van der Waals surface area contributed by atoms with Gasteiger partial charge in [-0.05, 0) is 75.4 Å². The van der Waals surface area contributed by atoms with Gasteiger partial charge in [0, 0.05) is 16.9 Å². The van der Waals surface area contributed by atoms with Crippen LogP contribution in [-0.2, 0) is 4.79 Å². The molecule has 7 heteroatoms. The number of rotatable bonds is 8. The lowest BCUT2D eigenvalue weighted by Crippen LogP contribution is -2.30. The SMILES string of the molecule is CC(C)Oc1cccc(C(=O)Nc2ccc(NC(=O)C(C)Oc3ccccc3Cl)cc2)c1. The van der Waals surface area contributed by atoms with Crippen molar-refractivity contribution in [2.24, 2.45) is 0 Å². The van der Waals surface area contributed by atoms with Gasteiger partial charge in [0.2, 0.25) is 0 Å². The Morgan fingerprint density at radius 2 is 1.47 bits per heavy atom. The van der Waals surface area contributed by atoms with Crippen LogP contribution in [0.15, 0.2) is 72.8 Å². The molecule has 32 heavy (non-hydrogen) atoms. The van der Waals surface area contributed by atoms with E-state index in [9.17, 15) is 9.59 Å². The summed E-state index contributed by atoms with van der Waals surface area (Å²) in [6.07, 6.45) is -0.719. The molecule has 0 aliphatic carbocycles. The second-order valence-corrected chi connectivity index (χ2v) is 7.81. The topological polar surface area (TPSA) is 76.7 Å². The molecule has 0 radical (unpaired) electrons. The summed E-state index contributed by atoms with van der Waals surface area (Å²) < 4.78 is 11.3. The first-order valence-electron chi connectivity index (χ1n) is 10.2. The number of para-hydroxylation sites is 1. The first kappa shape index (κ1) is 23.2. The molecule has 2 N–H and O–H groups in total. The smallest absolute Gasteiger partial charge is 0.265 e. The van der Waals surface area contributed by atoms with Crippen molar-refractivity contribution in [3.63, 3.8) is 0 Å². The molecule has 2 amide bonds. The molecule has 0 aliphatic rings. The Bertz CT molecular complexity index is 1080.